The number of hydrogen-bond acceptors (Lipinski definition) is 3. The number of hydrogen-bond donors (Lipinski definition) is 0. The summed E-state index contributed by atoms with van der Waals surface area (Å²) in [7, 11) is 0. The Hall–Kier alpha value is -2.66. The minimum Gasteiger partial charge on any atom is -0.343 e. The Morgan fingerprint density at radius 2 is 1.61 bits per heavy atom. The van der Waals surface area contributed by atoms with E-state index in [4.69, 9.17) is 0 Å². The maximum absolute atomic E-state index is 13.5. The molecule has 0 unspecified atom stereocenters. The molecular formula is C28H35N3O2. The van der Waals surface area contributed by atoms with E-state index in [1.165, 1.54) is 5.56 Å². The SMILES string of the molecule is CC1CCN(C(=O)CC2(N3Cc4ccccc4C3=O)CCN(Cc3ccccc3)CC2)CC1. The fraction of sp³-hybridized carbons (Fsp3) is 0.500. The summed E-state index contributed by atoms with van der Waals surface area (Å²) >= 11 is 0. The maximum Gasteiger partial charge on any atom is 0.254 e. The zero-order chi connectivity index (χ0) is 22.8. The Morgan fingerprint density at radius 3 is 2.30 bits per heavy atom. The number of likely N-dealkylation sites (tertiary alicyclic amines) is 2. The highest BCUT2D eigenvalue weighted by atomic mass is 16.2. The molecule has 2 aromatic rings. The van der Waals surface area contributed by atoms with Crippen molar-refractivity contribution >= 4 is 11.8 Å². The van der Waals surface area contributed by atoms with Crippen molar-refractivity contribution in [3.8, 4) is 0 Å². The third-order valence-corrected chi connectivity index (χ3v) is 8.05. The van der Waals surface area contributed by atoms with Gasteiger partial charge in [0.2, 0.25) is 5.91 Å². The Bertz CT molecular complexity index is 989. The number of nitrogens with zero attached hydrogens (tertiary/aromatic N) is 3. The van der Waals surface area contributed by atoms with Gasteiger partial charge in [-0.05, 0) is 48.8 Å². The van der Waals surface area contributed by atoms with Gasteiger partial charge in [-0.2, -0.15) is 0 Å². The molecule has 3 heterocycles. The van der Waals surface area contributed by atoms with Crippen LogP contribution in [-0.2, 0) is 17.9 Å². The quantitative estimate of drug-likeness (QED) is 0.688. The monoisotopic (exact) mass is 445 g/mol. The predicted molar refractivity (Wildman–Crippen MR) is 130 cm³/mol. The molecule has 0 aliphatic carbocycles. The van der Waals surface area contributed by atoms with Crippen molar-refractivity contribution in [2.75, 3.05) is 26.2 Å². The van der Waals surface area contributed by atoms with Gasteiger partial charge in [0.25, 0.3) is 5.91 Å². The summed E-state index contributed by atoms with van der Waals surface area (Å²) in [4.78, 5) is 33.5. The van der Waals surface area contributed by atoms with Crippen LogP contribution in [-0.4, -0.2) is 58.2 Å². The molecule has 174 valence electrons. The maximum atomic E-state index is 13.5. The summed E-state index contributed by atoms with van der Waals surface area (Å²) in [6.45, 7) is 7.32. The lowest BCUT2D eigenvalue weighted by Crippen LogP contribution is -2.57. The van der Waals surface area contributed by atoms with E-state index in [1.54, 1.807) is 0 Å². The highest BCUT2D eigenvalue weighted by Gasteiger charge is 2.47. The minimum atomic E-state index is -0.399. The Balaban J connectivity index is 1.34. The molecule has 2 saturated heterocycles. The second kappa shape index (κ2) is 9.30. The van der Waals surface area contributed by atoms with Crippen LogP contribution in [0.3, 0.4) is 0 Å². The van der Waals surface area contributed by atoms with E-state index in [1.807, 2.05) is 34.1 Å². The summed E-state index contributed by atoms with van der Waals surface area (Å²) in [6.07, 6.45) is 4.29. The standard InChI is InChI=1S/C28H35N3O2/c1-22-11-15-30(16-12-22)26(32)19-28(31-21-24-9-5-6-10-25(24)27(31)33)13-17-29(18-14-28)20-23-7-3-2-4-8-23/h2-10,22H,11-21H2,1H3. The molecule has 0 radical (unpaired) electrons. The van der Waals surface area contributed by atoms with E-state index in [2.05, 4.69) is 42.2 Å². The van der Waals surface area contributed by atoms with Gasteiger partial charge in [-0.3, -0.25) is 14.5 Å². The molecule has 5 nitrogen and oxygen atoms in total. The van der Waals surface area contributed by atoms with E-state index < -0.39 is 5.54 Å². The molecule has 2 amide bonds. The van der Waals surface area contributed by atoms with E-state index in [0.29, 0.717) is 18.9 Å². The van der Waals surface area contributed by atoms with Crippen LogP contribution in [0.15, 0.2) is 54.6 Å². The lowest BCUT2D eigenvalue weighted by Gasteiger charge is -2.48. The number of carbonyl (C=O) groups is 2. The average Bonchev–Trinajstić information content (AvgIpc) is 3.19. The zero-order valence-electron chi connectivity index (χ0n) is 19.7. The molecule has 3 aliphatic rings. The molecule has 0 aromatic heterocycles. The van der Waals surface area contributed by atoms with Crippen LogP contribution in [0, 0.1) is 5.92 Å². The number of fused-ring (bicyclic) bond motifs is 1. The minimum absolute atomic E-state index is 0.0992. The normalized spacial score (nSPS) is 21.3. The topological polar surface area (TPSA) is 43.9 Å². The van der Waals surface area contributed by atoms with Crippen molar-refractivity contribution in [2.24, 2.45) is 5.92 Å². The first-order valence-electron chi connectivity index (χ1n) is 12.5. The Kier molecular flexibility index (Phi) is 6.24. The first-order valence-corrected chi connectivity index (χ1v) is 12.5. The third kappa shape index (κ3) is 4.56. The molecule has 0 saturated carbocycles. The number of piperidine rings is 2. The molecule has 5 heteroatoms. The molecule has 0 spiro atoms. The predicted octanol–water partition coefficient (Wildman–Crippen LogP) is 4.33. The summed E-state index contributed by atoms with van der Waals surface area (Å²) in [5.41, 5.74) is 2.81. The van der Waals surface area contributed by atoms with Gasteiger partial charge >= 0.3 is 0 Å². The highest BCUT2D eigenvalue weighted by molar-refractivity contribution is 5.99. The number of carbonyl (C=O) groups excluding carboxylic acids is 2. The van der Waals surface area contributed by atoms with Crippen molar-refractivity contribution in [1.82, 2.24) is 14.7 Å². The molecule has 3 aliphatic heterocycles. The van der Waals surface area contributed by atoms with Gasteiger partial charge in [0, 0.05) is 44.8 Å². The molecule has 2 fully saturated rings. The van der Waals surface area contributed by atoms with E-state index in [9.17, 15) is 9.59 Å². The summed E-state index contributed by atoms with van der Waals surface area (Å²) in [5.74, 6) is 1.02. The second-order valence-corrected chi connectivity index (χ2v) is 10.3. The molecule has 5 rings (SSSR count). The molecule has 0 bridgehead atoms. The number of amides is 2. The lowest BCUT2D eigenvalue weighted by atomic mass is 9.81. The van der Waals surface area contributed by atoms with Gasteiger partial charge in [-0.15, -0.1) is 0 Å². The lowest BCUT2D eigenvalue weighted by molar-refractivity contribution is -0.136. The van der Waals surface area contributed by atoms with Crippen LogP contribution in [0.1, 0.15) is 60.5 Å². The smallest absolute Gasteiger partial charge is 0.254 e. The van der Waals surface area contributed by atoms with E-state index in [0.717, 1.165) is 69.5 Å². The van der Waals surface area contributed by atoms with Crippen LogP contribution >= 0.6 is 0 Å². The van der Waals surface area contributed by atoms with Gasteiger partial charge in [0.1, 0.15) is 0 Å². The second-order valence-electron chi connectivity index (χ2n) is 10.3. The van der Waals surface area contributed by atoms with Gasteiger partial charge in [0.05, 0.1) is 12.0 Å². The van der Waals surface area contributed by atoms with Crippen LogP contribution in [0.25, 0.3) is 0 Å². The molecule has 33 heavy (non-hydrogen) atoms. The third-order valence-electron chi connectivity index (χ3n) is 8.05. The summed E-state index contributed by atoms with van der Waals surface area (Å²) in [5, 5.41) is 0. The number of benzene rings is 2. The van der Waals surface area contributed by atoms with Crippen molar-refractivity contribution in [1.29, 1.82) is 0 Å². The Labute approximate surface area is 197 Å². The molecule has 0 atom stereocenters. The van der Waals surface area contributed by atoms with Crippen LogP contribution in [0.5, 0.6) is 0 Å². The van der Waals surface area contributed by atoms with E-state index >= 15 is 0 Å². The van der Waals surface area contributed by atoms with Crippen molar-refractivity contribution in [3.63, 3.8) is 0 Å². The van der Waals surface area contributed by atoms with Crippen molar-refractivity contribution in [3.05, 3.63) is 71.3 Å². The zero-order valence-corrected chi connectivity index (χ0v) is 19.7. The highest BCUT2D eigenvalue weighted by Crippen LogP contribution is 2.39. The molecule has 0 N–H and O–H groups in total. The van der Waals surface area contributed by atoms with Crippen molar-refractivity contribution in [2.45, 2.75) is 57.7 Å². The summed E-state index contributed by atoms with van der Waals surface area (Å²) in [6, 6.07) is 18.5. The first kappa shape index (κ1) is 22.1. The fourth-order valence-corrected chi connectivity index (χ4v) is 5.80. The van der Waals surface area contributed by atoms with Gasteiger partial charge in [-0.1, -0.05) is 55.5 Å². The van der Waals surface area contributed by atoms with Gasteiger partial charge in [-0.25, -0.2) is 0 Å². The Morgan fingerprint density at radius 1 is 0.939 bits per heavy atom. The van der Waals surface area contributed by atoms with Crippen molar-refractivity contribution < 1.29 is 9.59 Å². The van der Waals surface area contributed by atoms with Gasteiger partial charge in [0.15, 0.2) is 0 Å². The van der Waals surface area contributed by atoms with E-state index in [-0.39, 0.29) is 11.8 Å². The molecular weight excluding hydrogens is 410 g/mol. The van der Waals surface area contributed by atoms with Crippen LogP contribution in [0.4, 0.5) is 0 Å². The van der Waals surface area contributed by atoms with Gasteiger partial charge < -0.3 is 9.80 Å². The summed E-state index contributed by atoms with van der Waals surface area (Å²) < 4.78 is 0. The number of rotatable bonds is 5. The van der Waals surface area contributed by atoms with Crippen LogP contribution in [0.2, 0.25) is 0 Å². The van der Waals surface area contributed by atoms with Crippen LogP contribution < -0.4 is 0 Å². The average molecular weight is 446 g/mol. The largest absolute Gasteiger partial charge is 0.343 e. The fourth-order valence-electron chi connectivity index (χ4n) is 5.80. The molecule has 2 aromatic carbocycles. The first-order chi connectivity index (χ1) is 16.0.